The summed E-state index contributed by atoms with van der Waals surface area (Å²) in [5.74, 6) is -1.58. The first-order valence-electron chi connectivity index (χ1n) is 10.9. The summed E-state index contributed by atoms with van der Waals surface area (Å²) in [4.78, 5) is 2.30. The highest BCUT2D eigenvalue weighted by Crippen LogP contribution is 2.28. The van der Waals surface area contributed by atoms with E-state index in [1.165, 1.54) is 25.0 Å². The third-order valence-corrected chi connectivity index (χ3v) is 5.18. The van der Waals surface area contributed by atoms with Crippen molar-refractivity contribution in [3.05, 3.63) is 65.9 Å². The first-order chi connectivity index (χ1) is 15.4. The van der Waals surface area contributed by atoms with Crippen molar-refractivity contribution in [1.82, 2.24) is 15.1 Å². The lowest BCUT2D eigenvalue weighted by molar-refractivity contribution is 0.0174. The van der Waals surface area contributed by atoms with Crippen LogP contribution in [0.25, 0.3) is 11.3 Å². The van der Waals surface area contributed by atoms with Crippen LogP contribution in [0.15, 0.2) is 54.7 Å². The third kappa shape index (κ3) is 6.79. The predicted molar refractivity (Wildman–Crippen MR) is 122 cm³/mol. The van der Waals surface area contributed by atoms with Gasteiger partial charge in [-0.05, 0) is 68.5 Å². The van der Waals surface area contributed by atoms with Crippen LogP contribution in [0.3, 0.4) is 0 Å². The van der Waals surface area contributed by atoms with E-state index in [2.05, 4.69) is 29.1 Å². The third-order valence-electron chi connectivity index (χ3n) is 5.18. The second-order valence-corrected chi connectivity index (χ2v) is 8.00. The Labute approximate surface area is 188 Å². The van der Waals surface area contributed by atoms with Gasteiger partial charge in [0.1, 0.15) is 24.7 Å². The quantitative estimate of drug-likeness (QED) is 0.355. The van der Waals surface area contributed by atoms with E-state index in [9.17, 15) is 8.78 Å². The number of nitrogens with one attached hydrogen (secondary N) is 1. The SMILES string of the molecule is CCCCN(C)Cc1cn[nH]c1-c1ccc(OCCOc2ccc(C(C)(F)F)cc2)cc1. The highest BCUT2D eigenvalue weighted by Gasteiger charge is 2.23. The summed E-state index contributed by atoms with van der Waals surface area (Å²) in [6.45, 7) is 5.64. The number of aromatic amines is 1. The Morgan fingerprint density at radius 3 is 2.12 bits per heavy atom. The van der Waals surface area contributed by atoms with Gasteiger partial charge in [0.25, 0.3) is 5.92 Å². The molecule has 0 aliphatic rings. The molecule has 0 atom stereocenters. The first kappa shape index (κ1) is 23.7. The largest absolute Gasteiger partial charge is 0.490 e. The molecule has 0 saturated heterocycles. The zero-order valence-electron chi connectivity index (χ0n) is 18.9. The molecule has 0 bridgehead atoms. The summed E-state index contributed by atoms with van der Waals surface area (Å²) < 4.78 is 37.8. The fraction of sp³-hybridized carbons (Fsp3) is 0.400. The van der Waals surface area contributed by atoms with Gasteiger partial charge < -0.3 is 14.4 Å². The minimum absolute atomic E-state index is 0.0331. The van der Waals surface area contributed by atoms with Crippen LogP contribution in [-0.4, -0.2) is 41.9 Å². The van der Waals surface area contributed by atoms with E-state index < -0.39 is 5.92 Å². The smallest absolute Gasteiger partial charge is 0.270 e. The number of halogens is 2. The second kappa shape index (κ2) is 11.1. The Morgan fingerprint density at radius 1 is 0.969 bits per heavy atom. The van der Waals surface area contributed by atoms with Gasteiger partial charge in [-0.3, -0.25) is 5.10 Å². The van der Waals surface area contributed by atoms with Gasteiger partial charge in [-0.1, -0.05) is 13.3 Å². The Kier molecular flexibility index (Phi) is 8.22. The normalized spacial score (nSPS) is 11.7. The van der Waals surface area contributed by atoms with Crippen molar-refractivity contribution in [1.29, 1.82) is 0 Å². The maximum atomic E-state index is 13.3. The molecule has 1 aromatic heterocycles. The van der Waals surface area contributed by atoms with Crippen LogP contribution in [0.5, 0.6) is 11.5 Å². The van der Waals surface area contributed by atoms with Crippen molar-refractivity contribution >= 4 is 0 Å². The van der Waals surface area contributed by atoms with Gasteiger partial charge in [-0.15, -0.1) is 0 Å². The maximum absolute atomic E-state index is 13.3. The molecule has 0 fully saturated rings. The lowest BCUT2D eigenvalue weighted by atomic mass is 10.1. The molecule has 3 rings (SSSR count). The van der Waals surface area contributed by atoms with Gasteiger partial charge >= 0.3 is 0 Å². The van der Waals surface area contributed by atoms with Gasteiger partial charge in [0.05, 0.1) is 11.9 Å². The number of alkyl halides is 2. The van der Waals surface area contributed by atoms with E-state index in [0.717, 1.165) is 42.6 Å². The number of rotatable bonds is 12. The summed E-state index contributed by atoms with van der Waals surface area (Å²) in [6.07, 6.45) is 4.24. The molecule has 1 heterocycles. The molecule has 5 nitrogen and oxygen atoms in total. The fourth-order valence-electron chi connectivity index (χ4n) is 3.36. The van der Waals surface area contributed by atoms with Gasteiger partial charge in [-0.25, -0.2) is 8.78 Å². The summed E-state index contributed by atoms with van der Waals surface area (Å²) in [7, 11) is 2.12. The molecule has 3 aromatic rings. The molecule has 0 saturated carbocycles. The second-order valence-electron chi connectivity index (χ2n) is 8.00. The zero-order valence-corrected chi connectivity index (χ0v) is 18.9. The Hall–Kier alpha value is -2.93. The van der Waals surface area contributed by atoms with Crippen molar-refractivity contribution in [2.75, 3.05) is 26.8 Å². The van der Waals surface area contributed by atoms with E-state index in [-0.39, 0.29) is 5.56 Å². The Bertz CT molecular complexity index is 951. The number of nitrogens with zero attached hydrogens (tertiary/aromatic N) is 2. The summed E-state index contributed by atoms with van der Waals surface area (Å²) in [5.41, 5.74) is 3.20. The first-order valence-corrected chi connectivity index (χ1v) is 10.9. The highest BCUT2D eigenvalue weighted by atomic mass is 19.3. The molecule has 0 radical (unpaired) electrons. The van der Waals surface area contributed by atoms with Gasteiger partial charge in [0.15, 0.2) is 0 Å². The van der Waals surface area contributed by atoms with Gasteiger partial charge in [-0.2, -0.15) is 5.10 Å². The number of benzene rings is 2. The molecule has 0 aliphatic carbocycles. The molecule has 7 heteroatoms. The predicted octanol–water partition coefficient (Wildman–Crippen LogP) is 5.88. The fourth-order valence-corrected chi connectivity index (χ4v) is 3.36. The molecule has 172 valence electrons. The van der Waals surface area contributed by atoms with Crippen molar-refractivity contribution in [3.8, 4) is 22.8 Å². The summed E-state index contributed by atoms with van der Waals surface area (Å²) in [6, 6.07) is 13.7. The molecular weight excluding hydrogens is 412 g/mol. The number of ether oxygens (including phenoxy) is 2. The van der Waals surface area contributed by atoms with Crippen LogP contribution >= 0.6 is 0 Å². The van der Waals surface area contributed by atoms with E-state index in [1.807, 2.05) is 30.5 Å². The lowest BCUT2D eigenvalue weighted by Gasteiger charge is -2.16. The number of hydrogen-bond acceptors (Lipinski definition) is 4. The minimum Gasteiger partial charge on any atom is -0.490 e. The molecule has 2 aromatic carbocycles. The summed E-state index contributed by atoms with van der Waals surface area (Å²) in [5, 5.41) is 7.32. The van der Waals surface area contributed by atoms with E-state index in [0.29, 0.717) is 19.0 Å². The molecule has 32 heavy (non-hydrogen) atoms. The highest BCUT2D eigenvalue weighted by molar-refractivity contribution is 5.63. The standard InChI is InChI=1S/C25H31F2N3O2/c1-4-5-14-30(3)18-20-17-28-29-24(20)19-6-10-22(11-7-19)31-15-16-32-23-12-8-21(9-13-23)25(2,26)27/h6-13,17H,4-5,14-16,18H2,1-3H3,(H,28,29). The van der Waals surface area contributed by atoms with Crippen LogP contribution in [-0.2, 0) is 12.5 Å². The van der Waals surface area contributed by atoms with Crippen LogP contribution in [0.4, 0.5) is 8.78 Å². The molecule has 0 aliphatic heterocycles. The van der Waals surface area contributed by atoms with E-state index in [4.69, 9.17) is 9.47 Å². The van der Waals surface area contributed by atoms with Crippen LogP contribution in [0, 0.1) is 0 Å². The lowest BCUT2D eigenvalue weighted by Crippen LogP contribution is -2.19. The number of H-pyrrole nitrogens is 1. The van der Waals surface area contributed by atoms with Crippen molar-refractivity contribution in [2.45, 2.75) is 39.2 Å². The monoisotopic (exact) mass is 443 g/mol. The van der Waals surface area contributed by atoms with Crippen LogP contribution < -0.4 is 9.47 Å². The maximum Gasteiger partial charge on any atom is 0.270 e. The average Bonchev–Trinajstić information content (AvgIpc) is 3.23. The van der Waals surface area contributed by atoms with Crippen molar-refractivity contribution < 1.29 is 18.3 Å². The van der Waals surface area contributed by atoms with Gasteiger partial charge in [0.2, 0.25) is 0 Å². The summed E-state index contributed by atoms with van der Waals surface area (Å²) >= 11 is 0. The minimum atomic E-state index is -2.85. The molecule has 0 spiro atoms. The zero-order chi connectivity index (χ0) is 23.0. The number of hydrogen-bond donors (Lipinski definition) is 1. The van der Waals surface area contributed by atoms with Crippen molar-refractivity contribution in [3.63, 3.8) is 0 Å². The van der Waals surface area contributed by atoms with E-state index in [1.54, 1.807) is 12.1 Å². The Balaban J connectivity index is 1.48. The molecule has 0 amide bonds. The van der Waals surface area contributed by atoms with Crippen LogP contribution in [0.2, 0.25) is 0 Å². The molecule has 1 N–H and O–H groups in total. The molecular formula is C25H31F2N3O2. The number of aromatic nitrogens is 2. The Morgan fingerprint density at radius 2 is 1.56 bits per heavy atom. The van der Waals surface area contributed by atoms with Crippen LogP contribution in [0.1, 0.15) is 37.8 Å². The topological polar surface area (TPSA) is 50.4 Å². The van der Waals surface area contributed by atoms with Crippen molar-refractivity contribution in [2.24, 2.45) is 0 Å². The molecule has 0 unspecified atom stereocenters. The average molecular weight is 444 g/mol. The van der Waals surface area contributed by atoms with E-state index >= 15 is 0 Å². The number of unbranched alkanes of at least 4 members (excludes halogenated alkanes) is 1. The van der Waals surface area contributed by atoms with Gasteiger partial charge in [0, 0.05) is 30.2 Å².